The monoisotopic (exact) mass is 466 g/mol. The van der Waals surface area contributed by atoms with Crippen molar-refractivity contribution < 1.29 is 14.2 Å². The van der Waals surface area contributed by atoms with E-state index < -0.39 is 0 Å². The molecule has 0 amide bonds. The lowest BCUT2D eigenvalue weighted by Gasteiger charge is -2.11. The van der Waals surface area contributed by atoms with Gasteiger partial charge in [-0.05, 0) is 30.7 Å². The molecule has 0 aliphatic carbocycles. The van der Waals surface area contributed by atoms with Gasteiger partial charge in [-0.2, -0.15) is 14.0 Å². The van der Waals surface area contributed by atoms with Crippen LogP contribution in [0.25, 0.3) is 28.2 Å². The molecule has 1 N–H and O–H groups in total. The van der Waals surface area contributed by atoms with E-state index in [2.05, 4.69) is 15.1 Å². The van der Waals surface area contributed by atoms with E-state index in [1.54, 1.807) is 48.1 Å². The van der Waals surface area contributed by atoms with Gasteiger partial charge in [0.05, 0.1) is 11.1 Å². The second kappa shape index (κ2) is 7.85. The van der Waals surface area contributed by atoms with E-state index in [1.165, 1.54) is 15.7 Å². The minimum atomic E-state index is -0.332. The maximum absolute atomic E-state index is 13.5. The van der Waals surface area contributed by atoms with E-state index >= 15 is 0 Å². The molecule has 0 aliphatic rings. The number of halogens is 1. The van der Waals surface area contributed by atoms with Crippen molar-refractivity contribution in [1.82, 2.24) is 19.5 Å². The summed E-state index contributed by atoms with van der Waals surface area (Å²) < 4.78 is 8.72. The van der Waals surface area contributed by atoms with Gasteiger partial charge in [-0.1, -0.05) is 35.0 Å². The molecule has 0 saturated carbocycles. The van der Waals surface area contributed by atoms with Crippen LogP contribution in [0.5, 0.6) is 5.88 Å². The zero-order chi connectivity index (χ0) is 22.4. The van der Waals surface area contributed by atoms with Crippen molar-refractivity contribution in [3.63, 3.8) is 0 Å². The number of hydrogen-bond acceptors (Lipinski definition) is 7. The first kappa shape index (κ1) is 20.3. The summed E-state index contributed by atoms with van der Waals surface area (Å²) in [7, 11) is 0. The molecule has 0 fully saturated rings. The number of aryl methyl sites for hydroxylation is 2. The van der Waals surface area contributed by atoms with E-state index in [4.69, 9.17) is 16.1 Å². The van der Waals surface area contributed by atoms with Gasteiger partial charge in [0.1, 0.15) is 6.54 Å². The average molecular weight is 467 g/mol. The molecule has 5 rings (SSSR count). The number of fused-ring (bicyclic) bond motifs is 1. The second-order valence-corrected chi connectivity index (χ2v) is 8.97. The van der Waals surface area contributed by atoms with Crippen LogP contribution in [0.1, 0.15) is 16.3 Å². The molecule has 0 spiro atoms. The molecule has 4 heterocycles. The van der Waals surface area contributed by atoms with Gasteiger partial charge in [-0.25, -0.2) is 9.78 Å². The third-order valence-electron chi connectivity index (χ3n) is 5.11. The summed E-state index contributed by atoms with van der Waals surface area (Å²) in [6.45, 7) is 3.91. The molecular formula is C22H17ClN5O3S+. The lowest BCUT2D eigenvalue weighted by molar-refractivity contribution is -0.671. The SMILES string of the molecule is Cc1nc(-c2cccc(-c3c(O)[n+](Cc4cnc(Cl)s4)c4c(C)cccn4c3=O)c2)no1. The summed E-state index contributed by atoms with van der Waals surface area (Å²) in [5, 5.41) is 15.3. The molecule has 160 valence electrons. The second-order valence-electron chi connectivity index (χ2n) is 7.27. The smallest absolute Gasteiger partial charge is 0.354 e. The molecule has 0 bridgehead atoms. The van der Waals surface area contributed by atoms with Crippen molar-refractivity contribution >= 4 is 28.6 Å². The van der Waals surface area contributed by atoms with E-state index in [9.17, 15) is 9.90 Å². The molecule has 0 unspecified atom stereocenters. The highest BCUT2D eigenvalue weighted by Crippen LogP contribution is 2.28. The Morgan fingerprint density at radius 2 is 2.03 bits per heavy atom. The van der Waals surface area contributed by atoms with Gasteiger partial charge in [0.25, 0.3) is 11.5 Å². The normalized spacial score (nSPS) is 11.3. The van der Waals surface area contributed by atoms with Gasteiger partial charge in [-0.3, -0.25) is 0 Å². The number of aromatic hydroxyl groups is 1. The van der Waals surface area contributed by atoms with Crippen LogP contribution in [0.4, 0.5) is 0 Å². The van der Waals surface area contributed by atoms with Gasteiger partial charge in [0, 0.05) is 24.2 Å². The quantitative estimate of drug-likeness (QED) is 0.405. The Labute approximate surface area is 191 Å². The molecule has 4 aromatic heterocycles. The largest absolute Gasteiger partial charge is 0.477 e. The van der Waals surface area contributed by atoms with Crippen molar-refractivity contribution in [1.29, 1.82) is 0 Å². The summed E-state index contributed by atoms with van der Waals surface area (Å²) in [5.41, 5.74) is 2.49. The molecule has 8 nitrogen and oxygen atoms in total. The van der Waals surface area contributed by atoms with Crippen LogP contribution in [0, 0.1) is 13.8 Å². The zero-order valence-electron chi connectivity index (χ0n) is 17.1. The third kappa shape index (κ3) is 3.45. The fourth-order valence-corrected chi connectivity index (χ4v) is 4.68. The predicted octanol–water partition coefficient (Wildman–Crippen LogP) is 3.78. The maximum atomic E-state index is 13.5. The molecule has 1 aromatic carbocycles. The van der Waals surface area contributed by atoms with Crippen LogP contribution < -0.4 is 10.1 Å². The van der Waals surface area contributed by atoms with Crippen molar-refractivity contribution in [3.05, 3.63) is 79.9 Å². The van der Waals surface area contributed by atoms with E-state index in [-0.39, 0.29) is 17.0 Å². The molecular weight excluding hydrogens is 450 g/mol. The maximum Gasteiger partial charge on any atom is 0.354 e. The topological polar surface area (TPSA) is 97.4 Å². The number of rotatable bonds is 4. The molecule has 0 aliphatic heterocycles. The van der Waals surface area contributed by atoms with Crippen LogP contribution in [-0.4, -0.2) is 24.6 Å². The van der Waals surface area contributed by atoms with Crippen LogP contribution in [0.15, 0.2) is 58.1 Å². The highest BCUT2D eigenvalue weighted by atomic mass is 35.5. The third-order valence-corrected chi connectivity index (χ3v) is 6.21. The van der Waals surface area contributed by atoms with Crippen molar-refractivity contribution in [2.24, 2.45) is 0 Å². The van der Waals surface area contributed by atoms with Gasteiger partial charge in [0.15, 0.2) is 10.0 Å². The Morgan fingerprint density at radius 3 is 2.75 bits per heavy atom. The number of nitrogens with zero attached hydrogens (tertiary/aromatic N) is 5. The Morgan fingerprint density at radius 1 is 1.22 bits per heavy atom. The number of aromatic nitrogens is 5. The first-order valence-corrected chi connectivity index (χ1v) is 10.9. The number of pyridine rings is 1. The van der Waals surface area contributed by atoms with E-state index in [0.717, 1.165) is 10.4 Å². The highest BCUT2D eigenvalue weighted by molar-refractivity contribution is 7.15. The Bertz CT molecular complexity index is 1540. The number of thiazole rings is 1. The molecule has 10 heteroatoms. The Hall–Kier alpha value is -3.56. The number of hydrogen-bond donors (Lipinski definition) is 1. The molecule has 0 radical (unpaired) electrons. The fourth-order valence-electron chi connectivity index (χ4n) is 3.71. The minimum Gasteiger partial charge on any atom is -0.477 e. The Balaban J connectivity index is 1.76. The predicted molar refractivity (Wildman–Crippen MR) is 120 cm³/mol. The van der Waals surface area contributed by atoms with Crippen LogP contribution >= 0.6 is 22.9 Å². The van der Waals surface area contributed by atoms with Crippen molar-refractivity contribution in [3.8, 4) is 28.4 Å². The summed E-state index contributed by atoms with van der Waals surface area (Å²) in [5.74, 6) is 0.707. The molecule has 32 heavy (non-hydrogen) atoms. The lowest BCUT2D eigenvalue weighted by Crippen LogP contribution is -2.41. The standard InChI is InChI=1S/C22H16ClN5O3S/c1-12-5-4-8-27-19(12)28(11-16-10-24-22(23)32-16)21(30)17(20(27)29)14-6-3-7-15(9-14)18-25-13(2)31-26-18/h3-10H,11H2,1-2H3/p+1. The highest BCUT2D eigenvalue weighted by Gasteiger charge is 2.27. The van der Waals surface area contributed by atoms with E-state index in [1.807, 2.05) is 19.1 Å². The van der Waals surface area contributed by atoms with Crippen LogP contribution in [-0.2, 0) is 6.54 Å². The molecule has 0 saturated heterocycles. The average Bonchev–Trinajstić information content (AvgIpc) is 3.39. The van der Waals surface area contributed by atoms with Crippen LogP contribution in [0.2, 0.25) is 4.47 Å². The summed E-state index contributed by atoms with van der Waals surface area (Å²) in [6.07, 6.45) is 3.36. The summed E-state index contributed by atoms with van der Waals surface area (Å²) in [4.78, 5) is 22.7. The summed E-state index contributed by atoms with van der Waals surface area (Å²) >= 11 is 7.33. The van der Waals surface area contributed by atoms with Crippen molar-refractivity contribution in [2.45, 2.75) is 20.4 Å². The minimum absolute atomic E-state index is 0.143. The lowest BCUT2D eigenvalue weighted by atomic mass is 10.0. The van der Waals surface area contributed by atoms with Crippen molar-refractivity contribution in [2.75, 3.05) is 0 Å². The zero-order valence-corrected chi connectivity index (χ0v) is 18.7. The summed E-state index contributed by atoms with van der Waals surface area (Å²) in [6, 6.07) is 10.8. The van der Waals surface area contributed by atoms with Crippen LogP contribution in [0.3, 0.4) is 0 Å². The first-order valence-electron chi connectivity index (χ1n) is 9.70. The molecule has 5 aromatic rings. The van der Waals surface area contributed by atoms with Gasteiger partial charge in [-0.15, -0.1) is 11.3 Å². The van der Waals surface area contributed by atoms with E-state index in [0.29, 0.717) is 39.5 Å². The van der Waals surface area contributed by atoms with Gasteiger partial charge < -0.3 is 9.63 Å². The number of benzene rings is 1. The Kier molecular flexibility index (Phi) is 4.99. The molecule has 0 atom stereocenters. The van der Waals surface area contributed by atoms with Gasteiger partial charge >= 0.3 is 5.56 Å². The first-order chi connectivity index (χ1) is 15.4. The fraction of sp³-hybridized carbons (Fsp3) is 0.136. The van der Waals surface area contributed by atoms with Gasteiger partial charge in [0.2, 0.25) is 11.7 Å².